The zero-order chi connectivity index (χ0) is 8.10. The highest BCUT2D eigenvalue weighted by molar-refractivity contribution is 5.73. The molecule has 0 N–H and O–H groups in total. The topological polar surface area (TPSA) is 34.9 Å². The second-order valence-corrected chi connectivity index (χ2v) is 2.18. The third kappa shape index (κ3) is 2.04. The molecular formula is C8H10N2O. The number of carbonyl (C=O) groups excluding carboxylic acids is 1. The minimum absolute atomic E-state index is 0.620. The van der Waals surface area contributed by atoms with Gasteiger partial charge in [-0.15, -0.1) is 0 Å². The van der Waals surface area contributed by atoms with Gasteiger partial charge in [-0.3, -0.25) is 9.48 Å². The lowest BCUT2D eigenvalue weighted by Crippen LogP contribution is -1.93. The van der Waals surface area contributed by atoms with Crippen LogP contribution in [0.5, 0.6) is 0 Å². The van der Waals surface area contributed by atoms with Gasteiger partial charge in [-0.05, 0) is 6.92 Å². The van der Waals surface area contributed by atoms with E-state index in [-0.39, 0.29) is 0 Å². The number of hydrogen-bond donors (Lipinski definition) is 0. The van der Waals surface area contributed by atoms with E-state index in [2.05, 4.69) is 5.10 Å². The number of allylic oxidation sites excluding steroid dienone is 2. The van der Waals surface area contributed by atoms with Crippen LogP contribution in [0.1, 0.15) is 17.3 Å². The summed E-state index contributed by atoms with van der Waals surface area (Å²) >= 11 is 0. The van der Waals surface area contributed by atoms with Gasteiger partial charge in [-0.1, -0.05) is 12.2 Å². The van der Waals surface area contributed by atoms with Gasteiger partial charge in [0.1, 0.15) is 0 Å². The minimum Gasteiger partial charge on any atom is -0.298 e. The van der Waals surface area contributed by atoms with Crippen LogP contribution in [0.25, 0.3) is 0 Å². The van der Waals surface area contributed by atoms with E-state index in [1.54, 1.807) is 17.1 Å². The van der Waals surface area contributed by atoms with Crippen molar-refractivity contribution in [1.29, 1.82) is 0 Å². The van der Waals surface area contributed by atoms with Crippen LogP contribution in [-0.4, -0.2) is 16.1 Å². The Kier molecular flexibility index (Phi) is 2.60. The van der Waals surface area contributed by atoms with Crippen LogP contribution in [-0.2, 0) is 6.54 Å². The van der Waals surface area contributed by atoms with Crippen LogP contribution in [0.15, 0.2) is 24.5 Å². The third-order valence-corrected chi connectivity index (χ3v) is 1.32. The van der Waals surface area contributed by atoms with E-state index in [4.69, 9.17) is 0 Å². The molecule has 0 spiro atoms. The molecule has 1 aromatic rings. The van der Waals surface area contributed by atoms with Gasteiger partial charge in [0.15, 0.2) is 6.29 Å². The zero-order valence-corrected chi connectivity index (χ0v) is 6.40. The first-order valence-corrected chi connectivity index (χ1v) is 3.45. The molecule has 0 unspecified atom stereocenters. The highest BCUT2D eigenvalue weighted by atomic mass is 16.1. The highest BCUT2D eigenvalue weighted by Crippen LogP contribution is 1.92. The van der Waals surface area contributed by atoms with Crippen LogP contribution in [0, 0.1) is 0 Å². The molecule has 0 aliphatic rings. The smallest absolute Gasteiger partial charge is 0.153 e. The van der Waals surface area contributed by atoms with Gasteiger partial charge in [-0.2, -0.15) is 5.10 Å². The molecule has 0 amide bonds. The molecule has 1 rings (SSSR count). The summed E-state index contributed by atoms with van der Waals surface area (Å²) in [7, 11) is 0. The maximum atomic E-state index is 10.2. The molecule has 0 fully saturated rings. The average Bonchev–Trinajstić information content (AvgIpc) is 2.48. The standard InChI is InChI=1S/C8H10N2O/c1-2-3-4-10-6-8(7-11)5-9-10/h2-3,5-7H,4H2,1H3. The Morgan fingerprint density at radius 1 is 1.73 bits per heavy atom. The van der Waals surface area contributed by atoms with Crippen molar-refractivity contribution in [3.05, 3.63) is 30.1 Å². The van der Waals surface area contributed by atoms with Crippen molar-refractivity contribution in [3.63, 3.8) is 0 Å². The fraction of sp³-hybridized carbons (Fsp3) is 0.250. The normalized spacial score (nSPS) is 10.6. The van der Waals surface area contributed by atoms with E-state index >= 15 is 0 Å². The van der Waals surface area contributed by atoms with Crippen LogP contribution < -0.4 is 0 Å². The van der Waals surface area contributed by atoms with Crippen molar-refractivity contribution in [2.75, 3.05) is 0 Å². The molecule has 0 aliphatic heterocycles. The van der Waals surface area contributed by atoms with Gasteiger partial charge < -0.3 is 0 Å². The Morgan fingerprint density at radius 2 is 2.55 bits per heavy atom. The molecule has 58 valence electrons. The molecule has 0 bridgehead atoms. The highest BCUT2D eigenvalue weighted by Gasteiger charge is 1.92. The maximum Gasteiger partial charge on any atom is 0.153 e. The number of aromatic nitrogens is 2. The SMILES string of the molecule is CC=CCn1cc(C=O)cn1. The quantitative estimate of drug-likeness (QED) is 0.480. The molecule has 11 heavy (non-hydrogen) atoms. The van der Waals surface area contributed by atoms with Gasteiger partial charge in [0.25, 0.3) is 0 Å². The molecule has 0 aromatic carbocycles. The second-order valence-electron chi connectivity index (χ2n) is 2.18. The first-order valence-electron chi connectivity index (χ1n) is 3.45. The summed E-state index contributed by atoms with van der Waals surface area (Å²) < 4.78 is 1.71. The zero-order valence-electron chi connectivity index (χ0n) is 6.40. The predicted molar refractivity (Wildman–Crippen MR) is 42.4 cm³/mol. The van der Waals surface area contributed by atoms with Crippen LogP contribution in [0.2, 0.25) is 0 Å². The predicted octanol–water partition coefficient (Wildman–Crippen LogP) is 1.27. The average molecular weight is 150 g/mol. The van der Waals surface area contributed by atoms with E-state index in [0.717, 1.165) is 12.8 Å². The monoisotopic (exact) mass is 150 g/mol. The summed E-state index contributed by atoms with van der Waals surface area (Å²) in [6.45, 7) is 2.68. The van der Waals surface area contributed by atoms with Gasteiger partial charge in [0.2, 0.25) is 0 Å². The second kappa shape index (κ2) is 3.71. The summed E-state index contributed by atoms with van der Waals surface area (Å²) in [5.41, 5.74) is 0.620. The van der Waals surface area contributed by atoms with Crippen molar-refractivity contribution < 1.29 is 4.79 Å². The molecule has 0 aliphatic carbocycles. The number of aldehydes is 1. The molecule has 0 atom stereocenters. The fourth-order valence-electron chi connectivity index (χ4n) is 0.754. The van der Waals surface area contributed by atoms with Crippen molar-refractivity contribution in [3.8, 4) is 0 Å². The molecule has 0 saturated carbocycles. The molecule has 3 nitrogen and oxygen atoms in total. The summed E-state index contributed by atoms with van der Waals surface area (Å²) in [4.78, 5) is 10.2. The van der Waals surface area contributed by atoms with E-state index < -0.39 is 0 Å². The molecule has 3 heteroatoms. The number of hydrogen-bond acceptors (Lipinski definition) is 2. The summed E-state index contributed by atoms with van der Waals surface area (Å²) in [6.07, 6.45) is 7.98. The number of rotatable bonds is 3. The van der Waals surface area contributed by atoms with Gasteiger partial charge in [0, 0.05) is 6.20 Å². The summed E-state index contributed by atoms with van der Waals surface area (Å²) in [5.74, 6) is 0. The van der Waals surface area contributed by atoms with Crippen molar-refractivity contribution in [1.82, 2.24) is 9.78 Å². The van der Waals surface area contributed by atoms with Crippen LogP contribution in [0.4, 0.5) is 0 Å². The number of carbonyl (C=O) groups is 1. The van der Waals surface area contributed by atoms with E-state index in [1.165, 1.54) is 0 Å². The maximum absolute atomic E-state index is 10.2. The van der Waals surface area contributed by atoms with Crippen LogP contribution >= 0.6 is 0 Å². The Hall–Kier alpha value is -1.38. The first-order chi connectivity index (χ1) is 5.36. The van der Waals surface area contributed by atoms with Gasteiger partial charge >= 0.3 is 0 Å². The first kappa shape index (κ1) is 7.72. The van der Waals surface area contributed by atoms with Gasteiger partial charge in [-0.25, -0.2) is 0 Å². The molecule has 1 aromatic heterocycles. The van der Waals surface area contributed by atoms with Crippen molar-refractivity contribution in [2.24, 2.45) is 0 Å². The third-order valence-electron chi connectivity index (χ3n) is 1.32. The molecule has 0 radical (unpaired) electrons. The van der Waals surface area contributed by atoms with Crippen LogP contribution in [0.3, 0.4) is 0 Å². The molecule has 0 saturated heterocycles. The molecule has 1 heterocycles. The minimum atomic E-state index is 0.620. The Balaban J connectivity index is 2.65. The van der Waals surface area contributed by atoms with E-state index in [9.17, 15) is 4.79 Å². The molecular weight excluding hydrogens is 140 g/mol. The lowest BCUT2D eigenvalue weighted by molar-refractivity contribution is 0.112. The summed E-state index contributed by atoms with van der Waals surface area (Å²) in [5, 5.41) is 3.96. The summed E-state index contributed by atoms with van der Waals surface area (Å²) in [6, 6.07) is 0. The fourth-order valence-corrected chi connectivity index (χ4v) is 0.754. The Morgan fingerprint density at radius 3 is 3.09 bits per heavy atom. The number of nitrogens with zero attached hydrogens (tertiary/aromatic N) is 2. The largest absolute Gasteiger partial charge is 0.298 e. The van der Waals surface area contributed by atoms with E-state index in [0.29, 0.717) is 5.56 Å². The van der Waals surface area contributed by atoms with Gasteiger partial charge in [0.05, 0.1) is 18.3 Å². The van der Waals surface area contributed by atoms with E-state index in [1.807, 2.05) is 19.1 Å². The lowest BCUT2D eigenvalue weighted by atomic mass is 10.4. The lowest BCUT2D eigenvalue weighted by Gasteiger charge is -1.91. The Labute approximate surface area is 65.3 Å². The Bertz CT molecular complexity index is 263. The van der Waals surface area contributed by atoms with Crippen molar-refractivity contribution in [2.45, 2.75) is 13.5 Å². The van der Waals surface area contributed by atoms with Crippen molar-refractivity contribution >= 4 is 6.29 Å².